The molecule has 2 aromatic heterocycles. The van der Waals surface area contributed by atoms with Crippen molar-refractivity contribution in [2.24, 2.45) is 0 Å². The zero-order valence-electron chi connectivity index (χ0n) is 26.5. The minimum Gasteiger partial charge on any atom is -0.436 e. The molecule has 0 atom stereocenters. The van der Waals surface area contributed by atoms with Crippen molar-refractivity contribution in [3.63, 3.8) is 0 Å². The second-order valence-corrected chi connectivity index (χ2v) is 12.0. The van der Waals surface area contributed by atoms with Gasteiger partial charge in [0.2, 0.25) is 5.89 Å². The largest absolute Gasteiger partial charge is 0.436 e. The summed E-state index contributed by atoms with van der Waals surface area (Å²) in [5.74, 6) is 0.623. The van der Waals surface area contributed by atoms with Gasteiger partial charge in [0, 0.05) is 16.7 Å². The van der Waals surface area contributed by atoms with E-state index in [1.807, 2.05) is 54.6 Å². The van der Waals surface area contributed by atoms with Crippen LogP contribution in [0.4, 0.5) is 0 Å². The standard InChI is InChI=1S/C45H29N3O/c1-4-12-32(13-5-1)37-28-40-41(29-38(37)33-14-6-2-7-15-33)47-44(43(46-40)34-16-8-3-9-17-34)35-24-20-30(21-25-35)31-22-26-36(27-23-31)45-48-39-18-10-11-19-42(39)49-45/h1-29H. The van der Waals surface area contributed by atoms with Crippen LogP contribution in [0.1, 0.15) is 0 Å². The summed E-state index contributed by atoms with van der Waals surface area (Å²) < 4.78 is 5.98. The van der Waals surface area contributed by atoms with E-state index in [0.29, 0.717) is 5.89 Å². The molecule has 0 aliphatic rings. The van der Waals surface area contributed by atoms with Gasteiger partial charge in [-0.2, -0.15) is 0 Å². The van der Waals surface area contributed by atoms with Gasteiger partial charge < -0.3 is 4.42 Å². The summed E-state index contributed by atoms with van der Waals surface area (Å²) in [4.78, 5) is 15.3. The molecule has 9 aromatic rings. The Morgan fingerprint density at radius 3 is 1.22 bits per heavy atom. The molecule has 0 aliphatic carbocycles. The summed E-state index contributed by atoms with van der Waals surface area (Å²) in [5, 5.41) is 0. The van der Waals surface area contributed by atoms with Gasteiger partial charge in [0.05, 0.1) is 22.4 Å². The number of oxazole rings is 1. The number of fused-ring (bicyclic) bond motifs is 2. The predicted octanol–water partition coefficient (Wildman–Crippen LogP) is 11.8. The lowest BCUT2D eigenvalue weighted by Gasteiger charge is -2.15. The molecule has 9 rings (SSSR count). The molecule has 0 saturated carbocycles. The van der Waals surface area contributed by atoms with Crippen molar-refractivity contribution in [2.45, 2.75) is 0 Å². The van der Waals surface area contributed by atoms with Crippen LogP contribution in [-0.4, -0.2) is 15.0 Å². The van der Waals surface area contributed by atoms with E-state index >= 15 is 0 Å². The van der Waals surface area contributed by atoms with Crippen LogP contribution in [0, 0.1) is 0 Å². The van der Waals surface area contributed by atoms with E-state index in [-0.39, 0.29) is 0 Å². The number of aromatic nitrogens is 3. The van der Waals surface area contributed by atoms with Crippen molar-refractivity contribution in [3.8, 4) is 67.3 Å². The van der Waals surface area contributed by atoms with Crippen LogP contribution in [-0.2, 0) is 0 Å². The Hall–Kier alpha value is -6.65. The van der Waals surface area contributed by atoms with E-state index < -0.39 is 0 Å². The zero-order valence-corrected chi connectivity index (χ0v) is 26.5. The highest BCUT2D eigenvalue weighted by Crippen LogP contribution is 2.38. The number of rotatable bonds is 6. The van der Waals surface area contributed by atoms with E-state index in [1.165, 1.54) is 0 Å². The molecule has 0 amide bonds. The van der Waals surface area contributed by atoms with Crippen molar-refractivity contribution in [3.05, 3.63) is 176 Å². The van der Waals surface area contributed by atoms with Gasteiger partial charge >= 0.3 is 0 Å². The van der Waals surface area contributed by atoms with E-state index in [2.05, 4.69) is 126 Å². The highest BCUT2D eigenvalue weighted by molar-refractivity contribution is 5.96. The van der Waals surface area contributed by atoms with Gasteiger partial charge in [-0.25, -0.2) is 15.0 Å². The normalized spacial score (nSPS) is 11.3. The van der Waals surface area contributed by atoms with Crippen molar-refractivity contribution >= 4 is 22.1 Å². The maximum atomic E-state index is 5.98. The van der Waals surface area contributed by atoms with Gasteiger partial charge in [-0.3, -0.25) is 0 Å². The van der Waals surface area contributed by atoms with Crippen LogP contribution < -0.4 is 0 Å². The molecule has 7 aromatic carbocycles. The molecule has 4 nitrogen and oxygen atoms in total. The third kappa shape index (κ3) is 5.45. The monoisotopic (exact) mass is 627 g/mol. The maximum Gasteiger partial charge on any atom is 0.227 e. The molecule has 0 aliphatic heterocycles. The summed E-state index contributed by atoms with van der Waals surface area (Å²) in [7, 11) is 0. The minimum atomic E-state index is 0.623. The van der Waals surface area contributed by atoms with Gasteiger partial charge in [-0.15, -0.1) is 0 Å². The molecule has 0 saturated heterocycles. The molecule has 0 unspecified atom stereocenters. The summed E-state index contributed by atoms with van der Waals surface area (Å²) in [6.45, 7) is 0. The fraction of sp³-hybridized carbons (Fsp3) is 0. The first-order chi connectivity index (χ1) is 24.3. The molecular weight excluding hydrogens is 599 g/mol. The summed E-state index contributed by atoms with van der Waals surface area (Å²) in [6.07, 6.45) is 0. The van der Waals surface area contributed by atoms with Gasteiger partial charge in [-0.1, -0.05) is 140 Å². The molecule has 0 spiro atoms. The topological polar surface area (TPSA) is 51.8 Å². The first-order valence-electron chi connectivity index (χ1n) is 16.4. The first-order valence-corrected chi connectivity index (χ1v) is 16.4. The lowest BCUT2D eigenvalue weighted by Crippen LogP contribution is -1.97. The number of hydrogen-bond donors (Lipinski definition) is 0. The summed E-state index contributed by atoms with van der Waals surface area (Å²) in [5.41, 5.74) is 14.8. The minimum absolute atomic E-state index is 0.623. The Kier molecular flexibility index (Phi) is 7.10. The third-order valence-corrected chi connectivity index (χ3v) is 8.94. The van der Waals surface area contributed by atoms with Crippen LogP contribution in [0.5, 0.6) is 0 Å². The van der Waals surface area contributed by atoms with Crippen molar-refractivity contribution < 1.29 is 4.42 Å². The second kappa shape index (κ2) is 12.2. The Balaban J connectivity index is 1.13. The highest BCUT2D eigenvalue weighted by atomic mass is 16.3. The van der Waals surface area contributed by atoms with Gasteiger partial charge in [-0.05, 0) is 69.8 Å². The number of para-hydroxylation sites is 2. The summed E-state index contributed by atoms with van der Waals surface area (Å²) in [6, 6.07) is 60.5. The van der Waals surface area contributed by atoms with Crippen molar-refractivity contribution in [1.82, 2.24) is 15.0 Å². The Bertz CT molecular complexity index is 2530. The third-order valence-electron chi connectivity index (χ3n) is 8.94. The SMILES string of the molecule is c1ccc(-c2cc3nc(-c4ccccc4)c(-c4ccc(-c5ccc(-c6nc7ccccc7o6)cc5)cc4)nc3cc2-c2ccccc2)cc1. The van der Waals surface area contributed by atoms with Crippen LogP contribution in [0.15, 0.2) is 180 Å². The van der Waals surface area contributed by atoms with Crippen LogP contribution >= 0.6 is 0 Å². The molecule has 0 radical (unpaired) electrons. The van der Waals surface area contributed by atoms with Crippen molar-refractivity contribution in [2.75, 3.05) is 0 Å². The molecule has 49 heavy (non-hydrogen) atoms. The smallest absolute Gasteiger partial charge is 0.227 e. The first kappa shape index (κ1) is 28.6. The molecular formula is C45H29N3O. The number of hydrogen-bond acceptors (Lipinski definition) is 4. The fourth-order valence-electron chi connectivity index (χ4n) is 6.44. The van der Waals surface area contributed by atoms with Gasteiger partial charge in [0.1, 0.15) is 5.52 Å². The number of benzene rings is 7. The molecule has 0 fully saturated rings. The Morgan fingerprint density at radius 2 is 0.714 bits per heavy atom. The highest BCUT2D eigenvalue weighted by Gasteiger charge is 2.17. The Morgan fingerprint density at radius 1 is 0.306 bits per heavy atom. The maximum absolute atomic E-state index is 5.98. The van der Waals surface area contributed by atoms with E-state index in [0.717, 1.165) is 83.6 Å². The predicted molar refractivity (Wildman–Crippen MR) is 200 cm³/mol. The van der Waals surface area contributed by atoms with Gasteiger partial charge in [0.15, 0.2) is 5.58 Å². The average Bonchev–Trinajstić information content (AvgIpc) is 3.63. The molecule has 230 valence electrons. The average molecular weight is 628 g/mol. The lowest BCUT2D eigenvalue weighted by atomic mass is 9.93. The van der Waals surface area contributed by atoms with E-state index in [4.69, 9.17) is 14.4 Å². The summed E-state index contributed by atoms with van der Waals surface area (Å²) >= 11 is 0. The zero-order chi connectivity index (χ0) is 32.6. The molecule has 0 bridgehead atoms. The van der Waals surface area contributed by atoms with Crippen LogP contribution in [0.2, 0.25) is 0 Å². The molecule has 4 heteroatoms. The molecule has 2 heterocycles. The van der Waals surface area contributed by atoms with Gasteiger partial charge in [0.25, 0.3) is 0 Å². The number of nitrogens with zero attached hydrogens (tertiary/aromatic N) is 3. The van der Waals surface area contributed by atoms with E-state index in [9.17, 15) is 0 Å². The van der Waals surface area contributed by atoms with Crippen molar-refractivity contribution in [1.29, 1.82) is 0 Å². The second-order valence-electron chi connectivity index (χ2n) is 12.0. The Labute approximate surface area is 284 Å². The fourth-order valence-corrected chi connectivity index (χ4v) is 6.44. The van der Waals surface area contributed by atoms with Crippen LogP contribution in [0.3, 0.4) is 0 Å². The molecule has 0 N–H and O–H groups in total. The van der Waals surface area contributed by atoms with Crippen LogP contribution in [0.25, 0.3) is 89.5 Å². The van der Waals surface area contributed by atoms with E-state index in [1.54, 1.807) is 0 Å². The quantitative estimate of drug-likeness (QED) is 0.184. The lowest BCUT2D eigenvalue weighted by molar-refractivity contribution is 0.620.